The maximum absolute atomic E-state index is 13.9. The fourth-order valence-electron chi connectivity index (χ4n) is 4.81. The van der Waals surface area contributed by atoms with Gasteiger partial charge in [0.1, 0.15) is 0 Å². The van der Waals surface area contributed by atoms with E-state index >= 15 is 0 Å². The Hall–Kier alpha value is -4.11. The largest absolute Gasteiger partial charge is 0.463 e. The summed E-state index contributed by atoms with van der Waals surface area (Å²) in [5.41, 5.74) is 4.28. The second-order valence-corrected chi connectivity index (χ2v) is 9.63. The van der Waals surface area contributed by atoms with Crippen LogP contribution in [0.1, 0.15) is 36.7 Å². The number of carbonyl (C=O) groups excluding carboxylic acids is 1. The SMILES string of the molecule is CCOC(=O)C1=C(C)N=c2s/c(=C\c3c(C)[nH]c4ccccc34)c(=O)n2[C@H]1c1ccc2c(c1)OCO2. The van der Waals surface area contributed by atoms with Crippen molar-refractivity contribution in [1.82, 2.24) is 9.55 Å². The fourth-order valence-corrected chi connectivity index (χ4v) is 5.83. The number of aromatic nitrogens is 2. The number of para-hydroxylation sites is 1. The highest BCUT2D eigenvalue weighted by Crippen LogP contribution is 2.38. The summed E-state index contributed by atoms with van der Waals surface area (Å²) in [6.07, 6.45) is 1.90. The Morgan fingerprint density at radius 2 is 2.03 bits per heavy atom. The molecule has 0 spiro atoms. The van der Waals surface area contributed by atoms with E-state index in [0.29, 0.717) is 37.7 Å². The van der Waals surface area contributed by atoms with Crippen LogP contribution in [0.2, 0.25) is 0 Å². The lowest BCUT2D eigenvalue weighted by molar-refractivity contribution is -0.139. The number of thiazole rings is 1. The molecule has 182 valence electrons. The lowest BCUT2D eigenvalue weighted by atomic mass is 9.95. The van der Waals surface area contributed by atoms with E-state index in [4.69, 9.17) is 14.2 Å². The molecule has 9 heteroatoms. The molecule has 0 amide bonds. The lowest BCUT2D eigenvalue weighted by Crippen LogP contribution is -2.39. The number of carbonyl (C=O) groups is 1. The minimum absolute atomic E-state index is 0.130. The summed E-state index contributed by atoms with van der Waals surface area (Å²) in [7, 11) is 0. The van der Waals surface area contributed by atoms with Gasteiger partial charge in [0.15, 0.2) is 16.3 Å². The van der Waals surface area contributed by atoms with Crippen molar-refractivity contribution in [2.24, 2.45) is 4.99 Å². The van der Waals surface area contributed by atoms with E-state index in [1.807, 2.05) is 49.4 Å². The predicted octanol–water partition coefficient (Wildman–Crippen LogP) is 3.32. The van der Waals surface area contributed by atoms with Crippen molar-refractivity contribution in [1.29, 1.82) is 0 Å². The van der Waals surface area contributed by atoms with Gasteiger partial charge < -0.3 is 19.2 Å². The molecule has 2 aliphatic rings. The normalized spacial score (nSPS) is 16.9. The van der Waals surface area contributed by atoms with E-state index in [0.717, 1.165) is 22.2 Å². The van der Waals surface area contributed by atoms with Gasteiger partial charge in [-0.15, -0.1) is 0 Å². The summed E-state index contributed by atoms with van der Waals surface area (Å²) in [5, 5.41) is 1.04. The number of nitrogens with one attached hydrogen (secondary N) is 1. The Balaban J connectivity index is 1.58. The molecule has 0 unspecified atom stereocenters. The Labute approximate surface area is 209 Å². The fraction of sp³-hybridized carbons (Fsp3) is 0.222. The molecule has 4 heterocycles. The van der Waals surface area contributed by atoms with Gasteiger partial charge in [-0.2, -0.15) is 0 Å². The van der Waals surface area contributed by atoms with Crippen molar-refractivity contribution in [3.63, 3.8) is 0 Å². The summed E-state index contributed by atoms with van der Waals surface area (Å²) >= 11 is 1.30. The van der Waals surface area contributed by atoms with Crippen LogP contribution in [0.15, 0.2) is 63.5 Å². The van der Waals surface area contributed by atoms with E-state index in [9.17, 15) is 9.59 Å². The van der Waals surface area contributed by atoms with Gasteiger partial charge in [0, 0.05) is 22.2 Å². The van der Waals surface area contributed by atoms with Crippen molar-refractivity contribution in [3.05, 3.63) is 90.2 Å². The van der Waals surface area contributed by atoms with Crippen LogP contribution in [0, 0.1) is 6.92 Å². The molecule has 0 bridgehead atoms. The third-order valence-electron chi connectivity index (χ3n) is 6.45. The van der Waals surface area contributed by atoms with Crippen molar-refractivity contribution in [2.75, 3.05) is 13.4 Å². The van der Waals surface area contributed by atoms with Gasteiger partial charge in [0.2, 0.25) is 6.79 Å². The highest BCUT2D eigenvalue weighted by Gasteiger charge is 2.34. The van der Waals surface area contributed by atoms with Gasteiger partial charge in [-0.3, -0.25) is 9.36 Å². The average Bonchev–Trinajstić information content (AvgIpc) is 3.54. The number of benzene rings is 2. The van der Waals surface area contributed by atoms with Gasteiger partial charge in [-0.05, 0) is 50.6 Å². The number of esters is 1. The summed E-state index contributed by atoms with van der Waals surface area (Å²) < 4.78 is 18.5. The number of hydrogen-bond donors (Lipinski definition) is 1. The number of ether oxygens (including phenoxy) is 3. The molecule has 1 atom stereocenters. The Bertz CT molecular complexity index is 1760. The second kappa shape index (κ2) is 8.53. The molecule has 0 saturated carbocycles. The Kier molecular flexibility index (Phi) is 5.30. The number of allylic oxidation sites excluding steroid dienone is 1. The first kappa shape index (κ1) is 22.4. The van der Waals surface area contributed by atoms with Crippen LogP contribution in [0.25, 0.3) is 17.0 Å². The molecule has 0 radical (unpaired) electrons. The molecule has 36 heavy (non-hydrogen) atoms. The number of rotatable bonds is 4. The summed E-state index contributed by atoms with van der Waals surface area (Å²) in [6.45, 7) is 5.86. The number of aryl methyl sites for hydroxylation is 1. The maximum Gasteiger partial charge on any atom is 0.338 e. The summed E-state index contributed by atoms with van der Waals surface area (Å²) in [4.78, 5) is 35.5. The van der Waals surface area contributed by atoms with Crippen LogP contribution in [0.5, 0.6) is 11.5 Å². The molecular weight excluding hydrogens is 478 g/mol. The molecular formula is C27H23N3O5S. The monoisotopic (exact) mass is 501 g/mol. The average molecular weight is 502 g/mol. The molecule has 0 saturated heterocycles. The molecule has 1 N–H and O–H groups in total. The third kappa shape index (κ3) is 3.46. The van der Waals surface area contributed by atoms with Crippen LogP contribution < -0.4 is 24.4 Å². The molecule has 6 rings (SSSR count). The van der Waals surface area contributed by atoms with Gasteiger partial charge in [-0.25, -0.2) is 9.79 Å². The van der Waals surface area contributed by atoms with Crippen molar-refractivity contribution in [2.45, 2.75) is 26.8 Å². The molecule has 2 aromatic heterocycles. The lowest BCUT2D eigenvalue weighted by Gasteiger charge is -2.24. The minimum Gasteiger partial charge on any atom is -0.463 e. The van der Waals surface area contributed by atoms with Crippen LogP contribution in [-0.4, -0.2) is 28.9 Å². The van der Waals surface area contributed by atoms with E-state index in [1.165, 1.54) is 11.3 Å². The number of H-pyrrole nitrogens is 1. The standard InChI is InChI=1S/C27H23N3O5S/c1-4-33-26(32)23-15(3)29-27-30(24(23)16-9-10-20-21(11-16)35-13-34-20)25(31)22(36-27)12-18-14(2)28-19-8-6-5-7-17(18)19/h5-12,24,28H,4,13H2,1-3H3/b22-12-/t24-/m0/s1. The first-order chi connectivity index (χ1) is 17.5. The molecule has 0 fully saturated rings. The topological polar surface area (TPSA) is 94.9 Å². The highest BCUT2D eigenvalue weighted by molar-refractivity contribution is 7.07. The van der Waals surface area contributed by atoms with Gasteiger partial charge in [0.05, 0.1) is 28.5 Å². The smallest absolute Gasteiger partial charge is 0.338 e. The number of aromatic amines is 1. The number of nitrogens with zero attached hydrogens (tertiary/aromatic N) is 2. The maximum atomic E-state index is 13.9. The first-order valence-electron chi connectivity index (χ1n) is 11.6. The third-order valence-corrected chi connectivity index (χ3v) is 7.43. The molecule has 2 aliphatic heterocycles. The zero-order valence-electron chi connectivity index (χ0n) is 20.0. The van der Waals surface area contributed by atoms with Crippen LogP contribution >= 0.6 is 11.3 Å². The number of hydrogen-bond acceptors (Lipinski definition) is 7. The van der Waals surface area contributed by atoms with Crippen molar-refractivity contribution >= 4 is 34.3 Å². The summed E-state index contributed by atoms with van der Waals surface area (Å²) in [5.74, 6) is 0.699. The quantitative estimate of drug-likeness (QED) is 0.433. The zero-order chi connectivity index (χ0) is 25.0. The first-order valence-corrected chi connectivity index (χ1v) is 12.4. The van der Waals surface area contributed by atoms with Crippen LogP contribution in [-0.2, 0) is 9.53 Å². The second-order valence-electron chi connectivity index (χ2n) is 8.62. The highest BCUT2D eigenvalue weighted by atomic mass is 32.1. The Morgan fingerprint density at radius 1 is 1.22 bits per heavy atom. The zero-order valence-corrected chi connectivity index (χ0v) is 20.8. The molecule has 4 aromatic rings. The van der Waals surface area contributed by atoms with E-state index in [-0.39, 0.29) is 19.0 Å². The van der Waals surface area contributed by atoms with Gasteiger partial charge >= 0.3 is 5.97 Å². The van der Waals surface area contributed by atoms with Crippen molar-refractivity contribution < 1.29 is 19.0 Å². The molecule has 0 aliphatic carbocycles. The van der Waals surface area contributed by atoms with Gasteiger partial charge in [0.25, 0.3) is 5.56 Å². The van der Waals surface area contributed by atoms with Crippen molar-refractivity contribution in [3.8, 4) is 11.5 Å². The number of fused-ring (bicyclic) bond motifs is 3. The van der Waals surface area contributed by atoms with E-state index < -0.39 is 12.0 Å². The minimum atomic E-state index is -0.707. The van der Waals surface area contributed by atoms with E-state index in [1.54, 1.807) is 24.5 Å². The molecule has 8 nitrogen and oxygen atoms in total. The van der Waals surface area contributed by atoms with Crippen LogP contribution in [0.3, 0.4) is 0 Å². The summed E-state index contributed by atoms with van der Waals surface area (Å²) in [6, 6.07) is 12.7. The van der Waals surface area contributed by atoms with E-state index in [2.05, 4.69) is 9.98 Å². The van der Waals surface area contributed by atoms with Crippen LogP contribution in [0.4, 0.5) is 0 Å². The molecule has 2 aromatic carbocycles. The van der Waals surface area contributed by atoms with Gasteiger partial charge in [-0.1, -0.05) is 35.6 Å². The Morgan fingerprint density at radius 3 is 2.86 bits per heavy atom. The predicted molar refractivity (Wildman–Crippen MR) is 136 cm³/mol.